The monoisotopic (exact) mass is 492 g/mol. The van der Waals surface area contributed by atoms with E-state index < -0.39 is 6.04 Å². The van der Waals surface area contributed by atoms with Gasteiger partial charge < -0.3 is 0 Å². The number of hydrogen-bond donors (Lipinski definition) is 3. The Morgan fingerprint density at radius 3 is 2.51 bits per heavy atom. The van der Waals surface area contributed by atoms with Gasteiger partial charge in [0.15, 0.2) is 0 Å². The molecule has 0 saturated heterocycles. The minimum atomic E-state index is -0.410. The zero-order valence-electron chi connectivity index (χ0n) is 20.2. The summed E-state index contributed by atoms with van der Waals surface area (Å²) < 4.78 is 6.74. The van der Waals surface area contributed by atoms with E-state index in [9.17, 15) is 9.59 Å². The quantitative estimate of drug-likeness (QED) is 0.296. The first-order valence-corrected chi connectivity index (χ1v) is 11.7. The predicted molar refractivity (Wildman–Crippen MR) is 144 cm³/mol. The number of carbonyl (C=O) groups is 1. The molecule has 0 aliphatic heterocycles. The molecule has 0 bridgehead atoms. The van der Waals surface area contributed by atoms with E-state index in [1.165, 1.54) is 0 Å². The molecule has 2 aromatic carbocycles. The average Bonchev–Trinajstić information content (AvgIpc) is 2.81. The maximum atomic E-state index is 13.4. The number of rotatable bonds is 10. The predicted octanol–water partition coefficient (Wildman–Crippen LogP) is 3.43. The Morgan fingerprint density at radius 1 is 1.17 bits per heavy atom. The van der Waals surface area contributed by atoms with Crippen LogP contribution in [0.3, 0.4) is 0 Å². The van der Waals surface area contributed by atoms with E-state index in [4.69, 9.17) is 22.1 Å². The fraction of sp³-hybridized carbons (Fsp3) is 0.269. The van der Waals surface area contributed by atoms with Crippen molar-refractivity contribution in [3.63, 3.8) is 0 Å². The first-order chi connectivity index (χ1) is 16.7. The number of nitrogens with two attached hydrogens (primary N) is 1. The normalized spacial score (nSPS) is 11.5. The summed E-state index contributed by atoms with van der Waals surface area (Å²) >= 11 is 6.31. The Hall–Kier alpha value is -3.52. The number of aryl methyl sites for hydroxylation is 2. The Morgan fingerprint density at radius 2 is 1.86 bits per heavy atom. The van der Waals surface area contributed by atoms with Crippen LogP contribution in [0.25, 0.3) is 0 Å². The third-order valence-corrected chi connectivity index (χ3v) is 5.97. The van der Waals surface area contributed by atoms with E-state index in [1.807, 2.05) is 56.3 Å². The summed E-state index contributed by atoms with van der Waals surface area (Å²) in [5.41, 5.74) is 10.2. The molecule has 0 radical (unpaired) electrons. The van der Waals surface area contributed by atoms with Gasteiger partial charge in [-0.25, -0.2) is 0 Å². The van der Waals surface area contributed by atoms with E-state index in [0.717, 1.165) is 16.7 Å². The van der Waals surface area contributed by atoms with Crippen LogP contribution in [0, 0.1) is 13.8 Å². The summed E-state index contributed by atoms with van der Waals surface area (Å²) in [5, 5.41) is 6.80. The summed E-state index contributed by atoms with van der Waals surface area (Å²) in [6.07, 6.45) is 0.0950. The van der Waals surface area contributed by atoms with Crippen LogP contribution < -0.4 is 21.9 Å². The van der Waals surface area contributed by atoms with E-state index in [-0.39, 0.29) is 23.6 Å². The van der Waals surface area contributed by atoms with E-state index in [2.05, 4.69) is 18.1 Å². The molecule has 0 fully saturated rings. The molecule has 182 valence electrons. The van der Waals surface area contributed by atoms with Crippen molar-refractivity contribution in [1.29, 1.82) is 0 Å². The Balaban J connectivity index is 1.85. The van der Waals surface area contributed by atoms with Crippen molar-refractivity contribution >= 4 is 42.1 Å². The third kappa shape index (κ3) is 6.76. The molecule has 4 N–H and O–H groups in total. The molecule has 0 aliphatic rings. The number of nitrogens with one attached hydrogen (secondary N) is 2. The molecule has 0 spiro atoms. The summed E-state index contributed by atoms with van der Waals surface area (Å²) in [6.45, 7) is 6.17. The molecular formula is C26H30BClN4O3. The summed E-state index contributed by atoms with van der Waals surface area (Å²) in [4.78, 5) is 25.6. The van der Waals surface area contributed by atoms with Gasteiger partial charge in [0.05, 0.1) is 0 Å². The van der Waals surface area contributed by atoms with Crippen molar-refractivity contribution < 1.29 is 9.53 Å². The van der Waals surface area contributed by atoms with Gasteiger partial charge in [-0.1, -0.05) is 0 Å². The van der Waals surface area contributed by atoms with Crippen LogP contribution in [0.5, 0.6) is 0 Å². The molecule has 9 heteroatoms. The van der Waals surface area contributed by atoms with Gasteiger partial charge in [-0.05, 0) is 0 Å². The number of nitrogens with zero attached hydrogens (tertiary/aromatic N) is 1. The van der Waals surface area contributed by atoms with Crippen LogP contribution in [-0.2, 0) is 16.1 Å². The van der Waals surface area contributed by atoms with Crippen LogP contribution in [0.2, 0.25) is 5.02 Å². The number of esters is 1. The van der Waals surface area contributed by atoms with Crippen molar-refractivity contribution in [3.05, 3.63) is 92.4 Å². The van der Waals surface area contributed by atoms with Crippen molar-refractivity contribution in [2.24, 2.45) is 0 Å². The SMILES string of the molecule is B=C(Nc1c(N)cc(C)n(Cc2ccccc2Cl)c1=O)N[C@@H](CC(=O)OCC)c1ccc(C)cc1. The number of hydrogen-bond acceptors (Lipinski definition) is 6. The zero-order valence-corrected chi connectivity index (χ0v) is 21.0. The van der Waals surface area contributed by atoms with Crippen LogP contribution >= 0.6 is 11.6 Å². The molecule has 0 saturated carbocycles. The number of nitrogen functional groups attached to an aromatic ring is 1. The molecular weight excluding hydrogens is 463 g/mol. The van der Waals surface area contributed by atoms with Crippen molar-refractivity contribution in [2.75, 3.05) is 17.7 Å². The number of anilines is 2. The molecule has 1 aromatic heterocycles. The van der Waals surface area contributed by atoms with Crippen LogP contribution in [0.4, 0.5) is 11.4 Å². The van der Waals surface area contributed by atoms with Crippen LogP contribution in [0.15, 0.2) is 59.4 Å². The fourth-order valence-corrected chi connectivity index (χ4v) is 3.94. The number of halogens is 1. The fourth-order valence-electron chi connectivity index (χ4n) is 3.75. The zero-order chi connectivity index (χ0) is 25.5. The number of carbonyl (C=O) groups excluding carboxylic acids is 1. The van der Waals surface area contributed by atoms with E-state index in [1.54, 1.807) is 23.6 Å². The second-order valence-corrected chi connectivity index (χ2v) is 8.73. The van der Waals surface area contributed by atoms with Crippen molar-refractivity contribution in [3.8, 4) is 0 Å². The molecule has 35 heavy (non-hydrogen) atoms. The Kier molecular flexibility index (Phi) is 8.76. The first-order valence-electron chi connectivity index (χ1n) is 11.4. The van der Waals surface area contributed by atoms with Crippen molar-refractivity contribution in [2.45, 2.75) is 39.8 Å². The van der Waals surface area contributed by atoms with Gasteiger partial charge in [-0.2, -0.15) is 0 Å². The molecule has 3 aromatic rings. The molecule has 0 amide bonds. The van der Waals surface area contributed by atoms with Gasteiger partial charge in [0.1, 0.15) is 0 Å². The number of pyridine rings is 1. The maximum absolute atomic E-state index is 13.4. The average molecular weight is 493 g/mol. The van der Waals surface area contributed by atoms with Crippen molar-refractivity contribution in [1.82, 2.24) is 9.88 Å². The van der Waals surface area contributed by atoms with Gasteiger partial charge in [0.25, 0.3) is 0 Å². The molecule has 1 atom stereocenters. The molecule has 7 nitrogen and oxygen atoms in total. The molecule has 0 unspecified atom stereocenters. The van der Waals surface area contributed by atoms with Crippen LogP contribution in [-0.4, -0.2) is 30.3 Å². The van der Waals surface area contributed by atoms with E-state index >= 15 is 0 Å². The number of benzene rings is 2. The topological polar surface area (TPSA) is 98.4 Å². The standard InChI is InChI=1S/C26H30BClN4O3/c1-4-35-23(33)14-22(18-11-9-16(2)10-12-18)30-26(27)31-24-21(29)13-17(3)32(25(24)34)15-19-7-5-6-8-20(19)28/h5-13,22,27,30-31H,4,14-15,29H2,1-3H3/t22-/m0/s1. The number of aromatic nitrogens is 1. The van der Waals surface area contributed by atoms with Gasteiger partial charge in [0.2, 0.25) is 0 Å². The second kappa shape index (κ2) is 11.8. The molecule has 1 heterocycles. The van der Waals surface area contributed by atoms with Crippen LogP contribution in [0.1, 0.15) is 41.8 Å². The summed E-state index contributed by atoms with van der Waals surface area (Å²) in [6, 6.07) is 16.5. The molecule has 3 rings (SSSR count). The Labute approximate surface area is 211 Å². The van der Waals surface area contributed by atoms with Gasteiger partial charge in [-0.15, -0.1) is 0 Å². The number of ether oxygens (including phenoxy) is 1. The van der Waals surface area contributed by atoms with Gasteiger partial charge >= 0.3 is 211 Å². The van der Waals surface area contributed by atoms with Gasteiger partial charge in [-0.3, -0.25) is 0 Å². The summed E-state index contributed by atoms with van der Waals surface area (Å²) in [7, 11) is 4.02. The second-order valence-electron chi connectivity index (χ2n) is 8.32. The third-order valence-electron chi connectivity index (χ3n) is 5.60. The minimum absolute atomic E-state index is 0.0950. The van der Waals surface area contributed by atoms with Gasteiger partial charge in [0, 0.05) is 0 Å². The first kappa shape index (κ1) is 26.1. The molecule has 0 aliphatic carbocycles. The van der Waals surface area contributed by atoms with E-state index in [0.29, 0.717) is 35.3 Å². The Bertz CT molecular complexity index is 1270. The summed E-state index contributed by atoms with van der Waals surface area (Å²) in [5.74, 6) is -0.338.